The van der Waals surface area contributed by atoms with E-state index in [9.17, 15) is 24.5 Å². The zero-order chi connectivity index (χ0) is 21.0. The molecule has 2 aromatic rings. The van der Waals surface area contributed by atoms with Gasteiger partial charge in [-0.1, -0.05) is 36.4 Å². The van der Waals surface area contributed by atoms with Gasteiger partial charge in [0.1, 0.15) is 12.1 Å². The van der Waals surface area contributed by atoms with Gasteiger partial charge < -0.3 is 9.64 Å². The fourth-order valence-corrected chi connectivity index (χ4v) is 3.14. The Hall–Kier alpha value is -3.59. The molecule has 150 valence electrons. The standard InChI is InChI=1S/C20H19N3O6/c1-29-11-10-21(12-14-6-3-2-4-7-14)17(24)13-22-19(25)15-8-5-9-16(23(27)28)18(15)20(22)26/h2-9H,10-13H2,1H3. The Labute approximate surface area is 166 Å². The number of hydrogen-bond donors (Lipinski definition) is 0. The number of fused-ring (bicyclic) bond motifs is 1. The summed E-state index contributed by atoms with van der Waals surface area (Å²) in [5.41, 5.74) is 0.0941. The van der Waals surface area contributed by atoms with Gasteiger partial charge in [-0.3, -0.25) is 29.4 Å². The first-order valence-corrected chi connectivity index (χ1v) is 8.88. The van der Waals surface area contributed by atoms with Gasteiger partial charge in [0.2, 0.25) is 5.91 Å². The minimum Gasteiger partial charge on any atom is -0.383 e. The molecule has 0 spiro atoms. The predicted octanol–water partition coefficient (Wildman–Crippen LogP) is 1.87. The molecule has 0 saturated heterocycles. The van der Waals surface area contributed by atoms with Gasteiger partial charge in [0, 0.05) is 26.3 Å². The number of benzene rings is 2. The summed E-state index contributed by atoms with van der Waals surface area (Å²) in [5.74, 6) is -2.01. The molecule has 0 bridgehead atoms. The largest absolute Gasteiger partial charge is 0.383 e. The highest BCUT2D eigenvalue weighted by Crippen LogP contribution is 2.30. The van der Waals surface area contributed by atoms with Crippen LogP contribution in [0.25, 0.3) is 0 Å². The van der Waals surface area contributed by atoms with Crippen LogP contribution in [-0.2, 0) is 16.1 Å². The Balaban J connectivity index is 1.81. The minimum absolute atomic E-state index is 0.0662. The zero-order valence-electron chi connectivity index (χ0n) is 15.7. The molecule has 1 aliphatic heterocycles. The van der Waals surface area contributed by atoms with Crippen molar-refractivity contribution in [1.82, 2.24) is 9.80 Å². The van der Waals surface area contributed by atoms with E-state index >= 15 is 0 Å². The first kappa shape index (κ1) is 20.2. The van der Waals surface area contributed by atoms with Crippen molar-refractivity contribution in [1.29, 1.82) is 0 Å². The molecule has 0 unspecified atom stereocenters. The molecule has 3 amide bonds. The highest BCUT2D eigenvalue weighted by Gasteiger charge is 2.42. The molecule has 2 aromatic carbocycles. The number of ether oxygens (including phenoxy) is 1. The molecule has 9 heteroatoms. The first-order valence-electron chi connectivity index (χ1n) is 8.88. The lowest BCUT2D eigenvalue weighted by Gasteiger charge is -2.24. The zero-order valence-corrected chi connectivity index (χ0v) is 15.7. The Bertz CT molecular complexity index is 960. The highest BCUT2D eigenvalue weighted by atomic mass is 16.6. The van der Waals surface area contributed by atoms with Gasteiger partial charge in [-0.15, -0.1) is 0 Å². The van der Waals surface area contributed by atoms with E-state index in [4.69, 9.17) is 4.74 Å². The van der Waals surface area contributed by atoms with Crippen LogP contribution in [0.5, 0.6) is 0 Å². The van der Waals surface area contributed by atoms with Crippen LogP contribution < -0.4 is 0 Å². The maximum atomic E-state index is 12.9. The van der Waals surface area contributed by atoms with Gasteiger partial charge in [0.25, 0.3) is 17.5 Å². The molecule has 0 aromatic heterocycles. The highest BCUT2D eigenvalue weighted by molar-refractivity contribution is 6.24. The van der Waals surface area contributed by atoms with E-state index in [-0.39, 0.29) is 30.8 Å². The smallest absolute Gasteiger partial charge is 0.282 e. The summed E-state index contributed by atoms with van der Waals surface area (Å²) in [5, 5.41) is 11.2. The van der Waals surface area contributed by atoms with Gasteiger partial charge in [0.05, 0.1) is 17.1 Å². The Morgan fingerprint density at radius 3 is 2.48 bits per heavy atom. The van der Waals surface area contributed by atoms with Crippen molar-refractivity contribution in [2.75, 3.05) is 26.8 Å². The third-order valence-electron chi connectivity index (χ3n) is 4.60. The van der Waals surface area contributed by atoms with Crippen LogP contribution in [0.1, 0.15) is 26.3 Å². The molecular formula is C20H19N3O6. The summed E-state index contributed by atoms with van der Waals surface area (Å²) < 4.78 is 5.05. The van der Waals surface area contributed by atoms with Crippen molar-refractivity contribution in [3.8, 4) is 0 Å². The number of carbonyl (C=O) groups is 3. The molecule has 0 radical (unpaired) electrons. The summed E-state index contributed by atoms with van der Waals surface area (Å²) >= 11 is 0. The number of amides is 3. The van der Waals surface area contributed by atoms with E-state index in [1.165, 1.54) is 24.1 Å². The maximum Gasteiger partial charge on any atom is 0.282 e. The SMILES string of the molecule is COCCN(Cc1ccccc1)C(=O)CN1C(=O)c2cccc([N+](=O)[O-])c2C1=O. The van der Waals surface area contributed by atoms with Crippen LogP contribution in [0.15, 0.2) is 48.5 Å². The maximum absolute atomic E-state index is 12.9. The van der Waals surface area contributed by atoms with Crippen LogP contribution in [-0.4, -0.2) is 59.3 Å². The lowest BCUT2D eigenvalue weighted by atomic mass is 10.1. The Kier molecular flexibility index (Phi) is 5.99. The second-order valence-corrected chi connectivity index (χ2v) is 6.45. The molecule has 0 saturated carbocycles. The van der Waals surface area contributed by atoms with Gasteiger partial charge in [-0.2, -0.15) is 0 Å². The molecule has 9 nitrogen and oxygen atoms in total. The third-order valence-corrected chi connectivity index (χ3v) is 4.60. The van der Waals surface area contributed by atoms with E-state index in [1.54, 1.807) is 0 Å². The first-order chi connectivity index (χ1) is 13.9. The number of methoxy groups -OCH3 is 1. The number of hydrogen-bond acceptors (Lipinski definition) is 6. The third kappa shape index (κ3) is 4.14. The van der Waals surface area contributed by atoms with Gasteiger partial charge in [0.15, 0.2) is 0 Å². The Morgan fingerprint density at radius 1 is 1.10 bits per heavy atom. The van der Waals surface area contributed by atoms with Crippen molar-refractivity contribution >= 4 is 23.4 Å². The topological polar surface area (TPSA) is 110 Å². The second kappa shape index (κ2) is 8.61. The fraction of sp³-hybridized carbons (Fsp3) is 0.250. The average molecular weight is 397 g/mol. The van der Waals surface area contributed by atoms with Crippen molar-refractivity contribution in [3.05, 3.63) is 75.3 Å². The van der Waals surface area contributed by atoms with Gasteiger partial charge in [-0.25, -0.2) is 0 Å². The van der Waals surface area contributed by atoms with E-state index in [2.05, 4.69) is 0 Å². The van der Waals surface area contributed by atoms with Crippen molar-refractivity contribution in [2.24, 2.45) is 0 Å². The molecule has 0 fully saturated rings. The molecule has 0 N–H and O–H groups in total. The van der Waals surface area contributed by atoms with E-state index in [0.717, 1.165) is 16.5 Å². The van der Waals surface area contributed by atoms with Crippen LogP contribution in [0.2, 0.25) is 0 Å². The van der Waals surface area contributed by atoms with Gasteiger partial charge >= 0.3 is 0 Å². The van der Waals surface area contributed by atoms with E-state index < -0.39 is 34.9 Å². The monoisotopic (exact) mass is 397 g/mol. The van der Waals surface area contributed by atoms with Gasteiger partial charge in [-0.05, 0) is 11.6 Å². The molecule has 0 aliphatic carbocycles. The van der Waals surface area contributed by atoms with Crippen LogP contribution in [0.4, 0.5) is 5.69 Å². The Morgan fingerprint density at radius 2 is 1.83 bits per heavy atom. The lowest BCUT2D eigenvalue weighted by molar-refractivity contribution is -0.385. The number of nitro groups is 1. The summed E-state index contributed by atoms with van der Waals surface area (Å²) in [7, 11) is 1.51. The second-order valence-electron chi connectivity index (χ2n) is 6.45. The minimum atomic E-state index is -0.836. The predicted molar refractivity (Wildman–Crippen MR) is 102 cm³/mol. The molecule has 1 aliphatic rings. The molecule has 3 rings (SSSR count). The number of carbonyl (C=O) groups excluding carboxylic acids is 3. The van der Waals surface area contributed by atoms with Crippen molar-refractivity contribution in [2.45, 2.75) is 6.54 Å². The summed E-state index contributed by atoms with van der Waals surface area (Å²) in [4.78, 5) is 50.9. The molecule has 1 heterocycles. The number of imide groups is 1. The molecular weight excluding hydrogens is 378 g/mol. The van der Waals surface area contributed by atoms with Crippen LogP contribution >= 0.6 is 0 Å². The van der Waals surface area contributed by atoms with E-state index in [1.807, 2.05) is 30.3 Å². The summed E-state index contributed by atoms with van der Waals surface area (Å²) in [6.07, 6.45) is 0. The molecule has 0 atom stereocenters. The number of nitrogens with zero attached hydrogens (tertiary/aromatic N) is 3. The number of nitro benzene ring substituents is 1. The average Bonchev–Trinajstić information content (AvgIpc) is 2.96. The quantitative estimate of drug-likeness (QED) is 0.382. The van der Waals surface area contributed by atoms with Crippen molar-refractivity contribution in [3.63, 3.8) is 0 Å². The lowest BCUT2D eigenvalue weighted by Crippen LogP contribution is -2.43. The molecule has 29 heavy (non-hydrogen) atoms. The van der Waals surface area contributed by atoms with Crippen LogP contribution in [0, 0.1) is 10.1 Å². The van der Waals surface area contributed by atoms with Crippen molar-refractivity contribution < 1.29 is 24.0 Å². The summed E-state index contributed by atoms with van der Waals surface area (Å²) in [6, 6.07) is 13.1. The number of rotatable bonds is 8. The fourth-order valence-electron chi connectivity index (χ4n) is 3.14. The normalized spacial score (nSPS) is 12.8. The summed E-state index contributed by atoms with van der Waals surface area (Å²) in [6.45, 7) is 0.339. The van der Waals surface area contributed by atoms with E-state index in [0.29, 0.717) is 0 Å². The van der Waals surface area contributed by atoms with Crippen LogP contribution in [0.3, 0.4) is 0 Å².